The molecule has 11 heteroatoms. The van der Waals surface area contributed by atoms with Gasteiger partial charge in [-0.15, -0.1) is 0 Å². The monoisotopic (exact) mass is 531 g/mol. The smallest absolute Gasteiger partial charge is 0.339 e. The maximum absolute atomic E-state index is 12.7. The number of benzene rings is 2. The van der Waals surface area contributed by atoms with Crippen LogP contribution in [0.3, 0.4) is 0 Å². The summed E-state index contributed by atoms with van der Waals surface area (Å²) in [6.45, 7) is 0. The van der Waals surface area contributed by atoms with Crippen LogP contribution >= 0.6 is 11.6 Å². The molecule has 2 aromatic carbocycles. The van der Waals surface area contributed by atoms with Gasteiger partial charge in [0.05, 0.1) is 6.20 Å². The normalized spacial score (nSPS) is 14.9. The molecule has 1 aliphatic heterocycles. The SMILES string of the molecule is O=C(Nc1ccc2cc1CCc1cccc(c1)Nc1ncc(Cl)c(n1)N2)C1CCCC1.O=CC(F)(F)F. The van der Waals surface area contributed by atoms with Gasteiger partial charge in [0, 0.05) is 23.0 Å². The molecule has 3 N–H and O–H groups in total. The lowest BCUT2D eigenvalue weighted by molar-refractivity contribution is -0.156. The number of anilines is 5. The zero-order valence-electron chi connectivity index (χ0n) is 19.7. The number of aldehydes is 1. The van der Waals surface area contributed by atoms with E-state index >= 15 is 0 Å². The van der Waals surface area contributed by atoms with E-state index < -0.39 is 12.5 Å². The predicted octanol–water partition coefficient (Wildman–Crippen LogP) is 6.59. The average molecular weight is 532 g/mol. The lowest BCUT2D eigenvalue weighted by atomic mass is 10.0. The van der Waals surface area contributed by atoms with Crippen molar-refractivity contribution in [2.24, 2.45) is 5.92 Å². The van der Waals surface area contributed by atoms with E-state index in [0.29, 0.717) is 16.8 Å². The van der Waals surface area contributed by atoms with E-state index in [4.69, 9.17) is 16.4 Å². The zero-order valence-corrected chi connectivity index (χ0v) is 20.5. The van der Waals surface area contributed by atoms with Gasteiger partial charge in [0.1, 0.15) is 5.02 Å². The van der Waals surface area contributed by atoms with Crippen molar-refractivity contribution >= 4 is 52.6 Å². The fourth-order valence-electron chi connectivity index (χ4n) is 4.29. The van der Waals surface area contributed by atoms with Crippen LogP contribution in [0, 0.1) is 5.92 Å². The lowest BCUT2D eigenvalue weighted by Crippen LogP contribution is -2.21. The van der Waals surface area contributed by atoms with Gasteiger partial charge in [0.25, 0.3) is 0 Å². The highest BCUT2D eigenvalue weighted by molar-refractivity contribution is 6.32. The van der Waals surface area contributed by atoms with Crippen LogP contribution in [-0.4, -0.2) is 28.3 Å². The highest BCUT2D eigenvalue weighted by Gasteiger charge is 2.25. The van der Waals surface area contributed by atoms with Crippen molar-refractivity contribution in [3.8, 4) is 0 Å². The highest BCUT2D eigenvalue weighted by atomic mass is 35.5. The quantitative estimate of drug-likeness (QED) is 0.323. The Kier molecular flexibility index (Phi) is 8.27. The van der Waals surface area contributed by atoms with E-state index in [-0.39, 0.29) is 11.8 Å². The lowest BCUT2D eigenvalue weighted by Gasteiger charge is -2.16. The first-order valence-corrected chi connectivity index (χ1v) is 12.2. The molecular formula is C26H25ClF3N5O2. The van der Waals surface area contributed by atoms with Gasteiger partial charge >= 0.3 is 6.18 Å². The minimum atomic E-state index is -4.64. The number of hydrogen-bond acceptors (Lipinski definition) is 6. The third-order valence-corrected chi connectivity index (χ3v) is 6.37. The molecule has 3 aromatic rings. The first-order valence-electron chi connectivity index (χ1n) is 11.8. The molecule has 1 aromatic heterocycles. The highest BCUT2D eigenvalue weighted by Crippen LogP contribution is 2.31. The number of fused-ring (bicyclic) bond motifs is 6. The topological polar surface area (TPSA) is 96.0 Å². The molecule has 1 amide bonds. The van der Waals surface area contributed by atoms with Crippen molar-refractivity contribution in [1.29, 1.82) is 0 Å². The van der Waals surface area contributed by atoms with Crippen molar-refractivity contribution in [3.05, 3.63) is 64.8 Å². The van der Waals surface area contributed by atoms with Crippen molar-refractivity contribution < 1.29 is 22.8 Å². The molecule has 2 heterocycles. The second kappa shape index (κ2) is 11.6. The Balaban J connectivity index is 0.000000480. The summed E-state index contributed by atoms with van der Waals surface area (Å²) < 4.78 is 31.2. The molecule has 194 valence electrons. The van der Waals surface area contributed by atoms with E-state index in [2.05, 4.69) is 44.1 Å². The molecule has 7 nitrogen and oxygen atoms in total. The Morgan fingerprint density at radius 2 is 1.78 bits per heavy atom. The number of rotatable bonds is 2. The Labute approximate surface area is 216 Å². The molecule has 0 spiro atoms. The average Bonchev–Trinajstić information content (AvgIpc) is 3.41. The second-order valence-electron chi connectivity index (χ2n) is 8.84. The largest absolute Gasteiger partial charge is 0.446 e. The number of alkyl halides is 3. The number of aryl methyl sites for hydroxylation is 2. The first-order chi connectivity index (χ1) is 17.7. The third kappa shape index (κ3) is 7.42. The number of halogens is 4. The Morgan fingerprint density at radius 3 is 2.51 bits per heavy atom. The van der Waals surface area contributed by atoms with E-state index in [9.17, 15) is 18.0 Å². The Morgan fingerprint density at radius 1 is 1.05 bits per heavy atom. The summed E-state index contributed by atoms with van der Waals surface area (Å²) in [7, 11) is 0. The third-order valence-electron chi connectivity index (χ3n) is 6.10. The number of amides is 1. The zero-order chi connectivity index (χ0) is 26.4. The molecule has 0 atom stereocenters. The van der Waals surface area contributed by atoms with Crippen LogP contribution < -0.4 is 16.0 Å². The molecule has 0 saturated heterocycles. The maximum atomic E-state index is 12.7. The van der Waals surface area contributed by atoms with Gasteiger partial charge < -0.3 is 16.0 Å². The standard InChI is InChI=1S/C24H24ClN5O.C2HF3O/c25-20-14-26-24-28-18-7-3-4-15(12-18)8-9-17-13-19(27-22(20)30-24)10-11-21(17)29-23(31)16-5-1-2-6-16;3-2(4,5)1-6/h3-4,7,10-14,16H,1-2,5-6,8-9H2,(H,29,31)(H2,26,27,28,30);1H. The minimum absolute atomic E-state index is 0.126. The van der Waals surface area contributed by atoms with Gasteiger partial charge in [-0.2, -0.15) is 18.2 Å². The van der Waals surface area contributed by atoms with Gasteiger partial charge in [-0.1, -0.05) is 36.6 Å². The van der Waals surface area contributed by atoms with Gasteiger partial charge in [0.2, 0.25) is 18.1 Å². The van der Waals surface area contributed by atoms with Crippen LogP contribution in [0.25, 0.3) is 0 Å². The number of nitrogens with one attached hydrogen (secondary N) is 3. The van der Waals surface area contributed by atoms with Crippen molar-refractivity contribution in [3.63, 3.8) is 0 Å². The van der Waals surface area contributed by atoms with Crippen molar-refractivity contribution in [2.75, 3.05) is 16.0 Å². The fraction of sp³-hybridized carbons (Fsp3) is 0.308. The van der Waals surface area contributed by atoms with Crippen LogP contribution in [0.2, 0.25) is 5.02 Å². The van der Waals surface area contributed by atoms with Gasteiger partial charge in [0.15, 0.2) is 5.82 Å². The fourth-order valence-corrected chi connectivity index (χ4v) is 4.43. The number of nitrogens with zero attached hydrogens (tertiary/aromatic N) is 2. The van der Waals surface area contributed by atoms with E-state index in [1.165, 1.54) is 5.56 Å². The summed E-state index contributed by atoms with van der Waals surface area (Å²) in [4.78, 5) is 30.3. The molecule has 6 bridgehead atoms. The summed E-state index contributed by atoms with van der Waals surface area (Å²) in [5.41, 5.74) is 4.95. The van der Waals surface area contributed by atoms with Crippen LogP contribution in [0.4, 0.5) is 42.0 Å². The van der Waals surface area contributed by atoms with Crippen LogP contribution in [0.1, 0.15) is 36.8 Å². The molecule has 2 aliphatic rings. The molecule has 0 unspecified atom stereocenters. The molecule has 1 aliphatic carbocycles. The van der Waals surface area contributed by atoms with E-state index in [1.54, 1.807) is 6.20 Å². The maximum Gasteiger partial charge on any atom is 0.446 e. The van der Waals surface area contributed by atoms with E-state index in [1.807, 2.05) is 24.3 Å². The summed E-state index contributed by atoms with van der Waals surface area (Å²) >= 11 is 6.33. The van der Waals surface area contributed by atoms with Crippen molar-refractivity contribution in [1.82, 2.24) is 9.97 Å². The van der Waals surface area contributed by atoms with Crippen molar-refractivity contribution in [2.45, 2.75) is 44.7 Å². The number of carbonyl (C=O) groups is 2. The molecule has 37 heavy (non-hydrogen) atoms. The summed E-state index contributed by atoms with van der Waals surface area (Å²) in [5.74, 6) is 1.26. The summed E-state index contributed by atoms with van der Waals surface area (Å²) in [6, 6.07) is 14.2. The number of aromatic nitrogens is 2. The molecule has 5 rings (SSSR count). The van der Waals surface area contributed by atoms with Crippen LogP contribution in [-0.2, 0) is 22.4 Å². The molecular weight excluding hydrogens is 507 g/mol. The molecule has 1 saturated carbocycles. The first kappa shape index (κ1) is 26.4. The second-order valence-corrected chi connectivity index (χ2v) is 9.25. The number of hydrogen-bond donors (Lipinski definition) is 3. The van der Waals surface area contributed by atoms with Crippen LogP contribution in [0.15, 0.2) is 48.7 Å². The van der Waals surface area contributed by atoms with Crippen LogP contribution in [0.5, 0.6) is 0 Å². The Hall–Kier alpha value is -3.66. The summed E-state index contributed by atoms with van der Waals surface area (Å²) in [5, 5.41) is 10.2. The number of carbonyl (C=O) groups excluding carboxylic acids is 2. The predicted molar refractivity (Wildman–Crippen MR) is 137 cm³/mol. The van der Waals surface area contributed by atoms with Gasteiger partial charge in [-0.25, -0.2) is 4.98 Å². The molecule has 1 fully saturated rings. The molecule has 0 radical (unpaired) electrons. The van der Waals surface area contributed by atoms with Gasteiger partial charge in [-0.05, 0) is 67.1 Å². The minimum Gasteiger partial charge on any atom is -0.339 e. The summed E-state index contributed by atoms with van der Waals surface area (Å²) in [6.07, 6.45) is 1.78. The van der Waals surface area contributed by atoms with Gasteiger partial charge in [-0.3, -0.25) is 9.59 Å². The Bertz CT molecular complexity index is 1280. The van der Waals surface area contributed by atoms with E-state index in [0.717, 1.165) is 61.2 Å².